The van der Waals surface area contributed by atoms with Crippen LogP contribution in [0, 0.1) is 5.41 Å². The number of nitrogens with one attached hydrogen (secondary N) is 1. The number of nitrogen functional groups attached to an aromatic ring is 1. The van der Waals surface area contributed by atoms with Crippen LogP contribution in [0.3, 0.4) is 0 Å². The SMILES string of the molecule is N=Cc1c(Cl)cc(Cl)nc1N. The van der Waals surface area contributed by atoms with Crippen LogP contribution in [0.1, 0.15) is 5.56 Å². The lowest BCUT2D eigenvalue weighted by Crippen LogP contribution is -1.97. The monoisotopic (exact) mass is 189 g/mol. The molecule has 0 unspecified atom stereocenters. The maximum absolute atomic E-state index is 6.92. The van der Waals surface area contributed by atoms with Gasteiger partial charge in [-0.3, -0.25) is 0 Å². The second-order valence-corrected chi connectivity index (χ2v) is 2.66. The van der Waals surface area contributed by atoms with Gasteiger partial charge in [-0.25, -0.2) is 4.98 Å². The first-order chi connectivity index (χ1) is 5.15. The molecule has 58 valence electrons. The van der Waals surface area contributed by atoms with E-state index in [4.69, 9.17) is 34.3 Å². The van der Waals surface area contributed by atoms with Crippen LogP contribution in [0.2, 0.25) is 10.2 Å². The summed E-state index contributed by atoms with van der Waals surface area (Å²) < 4.78 is 0. The molecule has 0 aliphatic carbocycles. The second kappa shape index (κ2) is 3.07. The molecule has 1 heterocycles. The smallest absolute Gasteiger partial charge is 0.135 e. The topological polar surface area (TPSA) is 62.8 Å². The van der Waals surface area contributed by atoms with Crippen molar-refractivity contribution in [3.63, 3.8) is 0 Å². The molecular weight excluding hydrogens is 185 g/mol. The standard InChI is InChI=1S/C6H5Cl2N3/c7-4-1-5(8)11-6(10)3(4)2-9/h1-2,9H,(H2,10,11). The van der Waals surface area contributed by atoms with E-state index >= 15 is 0 Å². The van der Waals surface area contributed by atoms with Crippen molar-refractivity contribution in [1.82, 2.24) is 4.98 Å². The van der Waals surface area contributed by atoms with Gasteiger partial charge < -0.3 is 11.1 Å². The van der Waals surface area contributed by atoms with Crippen molar-refractivity contribution in [1.29, 1.82) is 5.41 Å². The lowest BCUT2D eigenvalue weighted by molar-refractivity contribution is 1.32. The van der Waals surface area contributed by atoms with Gasteiger partial charge in [0.1, 0.15) is 11.0 Å². The van der Waals surface area contributed by atoms with Crippen molar-refractivity contribution in [3.05, 3.63) is 21.8 Å². The number of hydrogen-bond donors (Lipinski definition) is 2. The summed E-state index contributed by atoms with van der Waals surface area (Å²) in [5, 5.41) is 7.50. The molecular formula is C6H5Cl2N3. The first-order valence-electron chi connectivity index (χ1n) is 2.77. The highest BCUT2D eigenvalue weighted by atomic mass is 35.5. The van der Waals surface area contributed by atoms with Crippen molar-refractivity contribution >= 4 is 35.2 Å². The Morgan fingerprint density at radius 1 is 1.55 bits per heavy atom. The van der Waals surface area contributed by atoms with Gasteiger partial charge in [0, 0.05) is 6.21 Å². The van der Waals surface area contributed by atoms with Gasteiger partial charge in [0.05, 0.1) is 10.6 Å². The number of aromatic nitrogens is 1. The minimum atomic E-state index is 0.178. The van der Waals surface area contributed by atoms with Crippen LogP contribution in [0.15, 0.2) is 6.07 Å². The molecule has 0 aromatic carbocycles. The summed E-state index contributed by atoms with van der Waals surface area (Å²) in [6, 6.07) is 1.44. The molecule has 11 heavy (non-hydrogen) atoms. The number of hydrogen-bond acceptors (Lipinski definition) is 3. The van der Waals surface area contributed by atoms with Crippen LogP contribution in [-0.2, 0) is 0 Å². The van der Waals surface area contributed by atoms with Gasteiger partial charge in [0.15, 0.2) is 0 Å². The Morgan fingerprint density at radius 3 is 2.64 bits per heavy atom. The van der Waals surface area contributed by atoms with Crippen LogP contribution < -0.4 is 5.73 Å². The van der Waals surface area contributed by atoms with E-state index in [1.807, 2.05) is 0 Å². The van der Waals surface area contributed by atoms with Gasteiger partial charge in [-0.1, -0.05) is 23.2 Å². The Kier molecular flexibility index (Phi) is 2.31. The predicted molar refractivity (Wildman–Crippen MR) is 46.6 cm³/mol. The molecule has 0 fully saturated rings. The molecule has 1 aromatic heterocycles. The molecule has 1 rings (SSSR count). The zero-order valence-electron chi connectivity index (χ0n) is 5.44. The fourth-order valence-electron chi connectivity index (χ4n) is 0.655. The fourth-order valence-corrected chi connectivity index (χ4v) is 1.17. The summed E-state index contributed by atoms with van der Waals surface area (Å²) in [6.45, 7) is 0. The number of nitrogens with two attached hydrogens (primary N) is 1. The minimum Gasteiger partial charge on any atom is -0.383 e. The molecule has 0 bridgehead atoms. The molecule has 1 aromatic rings. The van der Waals surface area contributed by atoms with Gasteiger partial charge >= 0.3 is 0 Å². The van der Waals surface area contributed by atoms with E-state index in [2.05, 4.69) is 4.98 Å². The van der Waals surface area contributed by atoms with E-state index in [0.29, 0.717) is 10.6 Å². The molecule has 0 amide bonds. The van der Waals surface area contributed by atoms with Gasteiger partial charge in [-0.2, -0.15) is 0 Å². The third-order valence-corrected chi connectivity index (χ3v) is 1.66. The summed E-state index contributed by atoms with van der Waals surface area (Å²) in [5.74, 6) is 0.178. The third kappa shape index (κ3) is 1.61. The summed E-state index contributed by atoms with van der Waals surface area (Å²) in [4.78, 5) is 3.71. The van der Waals surface area contributed by atoms with Crippen molar-refractivity contribution in [2.75, 3.05) is 5.73 Å². The largest absolute Gasteiger partial charge is 0.383 e. The Hall–Kier alpha value is -0.800. The van der Waals surface area contributed by atoms with E-state index in [9.17, 15) is 0 Å². The quantitative estimate of drug-likeness (QED) is 0.525. The fraction of sp³-hybridized carbons (Fsp3) is 0. The van der Waals surface area contributed by atoms with Crippen molar-refractivity contribution in [2.24, 2.45) is 0 Å². The number of nitrogens with zero attached hydrogens (tertiary/aromatic N) is 1. The van der Waals surface area contributed by atoms with Gasteiger partial charge in [0.2, 0.25) is 0 Å². The highest BCUT2D eigenvalue weighted by Gasteiger charge is 2.04. The summed E-state index contributed by atoms with van der Waals surface area (Å²) in [5.41, 5.74) is 5.80. The van der Waals surface area contributed by atoms with Crippen LogP contribution in [0.5, 0.6) is 0 Å². The van der Waals surface area contributed by atoms with Crippen molar-refractivity contribution in [3.8, 4) is 0 Å². The molecule has 0 saturated heterocycles. The van der Waals surface area contributed by atoms with Crippen molar-refractivity contribution in [2.45, 2.75) is 0 Å². The minimum absolute atomic E-state index is 0.178. The first kappa shape index (κ1) is 8.30. The summed E-state index contributed by atoms with van der Waals surface area (Å²) in [6.07, 6.45) is 1.04. The number of anilines is 1. The third-order valence-electron chi connectivity index (χ3n) is 1.15. The highest BCUT2D eigenvalue weighted by molar-refractivity contribution is 6.36. The van der Waals surface area contributed by atoms with Crippen LogP contribution in [-0.4, -0.2) is 11.2 Å². The van der Waals surface area contributed by atoms with Crippen LogP contribution in [0.4, 0.5) is 5.82 Å². The van der Waals surface area contributed by atoms with Gasteiger partial charge in [-0.15, -0.1) is 0 Å². The first-order valence-corrected chi connectivity index (χ1v) is 3.52. The van der Waals surface area contributed by atoms with E-state index in [-0.39, 0.29) is 11.0 Å². The van der Waals surface area contributed by atoms with Gasteiger partial charge in [-0.05, 0) is 6.07 Å². The predicted octanol–water partition coefficient (Wildman–Crippen LogP) is 1.97. The molecule has 0 atom stereocenters. The molecule has 3 N–H and O–H groups in total. The zero-order valence-corrected chi connectivity index (χ0v) is 6.95. The van der Waals surface area contributed by atoms with E-state index in [1.165, 1.54) is 6.07 Å². The van der Waals surface area contributed by atoms with E-state index in [1.54, 1.807) is 0 Å². The lowest BCUT2D eigenvalue weighted by Gasteiger charge is -2.00. The molecule has 0 saturated carbocycles. The number of rotatable bonds is 1. The van der Waals surface area contributed by atoms with Gasteiger partial charge in [0.25, 0.3) is 0 Å². The average molecular weight is 190 g/mol. The number of halogens is 2. The number of pyridine rings is 1. The second-order valence-electron chi connectivity index (χ2n) is 1.87. The molecule has 0 aliphatic rings. The summed E-state index contributed by atoms with van der Waals surface area (Å²) >= 11 is 11.2. The maximum Gasteiger partial charge on any atom is 0.135 e. The Bertz CT molecular complexity index is 275. The van der Waals surface area contributed by atoms with Crippen LogP contribution in [0.25, 0.3) is 0 Å². The highest BCUT2D eigenvalue weighted by Crippen LogP contribution is 2.21. The van der Waals surface area contributed by atoms with Crippen LogP contribution >= 0.6 is 23.2 Å². The molecule has 0 aliphatic heterocycles. The summed E-state index contributed by atoms with van der Waals surface area (Å²) in [7, 11) is 0. The molecule has 3 nitrogen and oxygen atoms in total. The normalized spacial score (nSPS) is 9.64. The molecule has 5 heteroatoms. The zero-order chi connectivity index (χ0) is 8.43. The Balaban J connectivity index is 3.36. The van der Waals surface area contributed by atoms with E-state index in [0.717, 1.165) is 6.21 Å². The van der Waals surface area contributed by atoms with Crippen molar-refractivity contribution < 1.29 is 0 Å². The Labute approximate surface area is 73.6 Å². The Morgan fingerprint density at radius 2 is 2.18 bits per heavy atom. The molecule has 0 spiro atoms. The lowest BCUT2D eigenvalue weighted by atomic mass is 10.3. The molecule has 0 radical (unpaired) electrons. The van der Waals surface area contributed by atoms with E-state index < -0.39 is 0 Å². The average Bonchev–Trinajstić information content (AvgIpc) is 1.85. The maximum atomic E-state index is 6.92.